The highest BCUT2D eigenvalue weighted by Gasteiger charge is 2.21. The average molecular weight is 397 g/mol. The highest BCUT2D eigenvalue weighted by atomic mass is 35.5. The number of hydrogen-bond acceptors (Lipinski definition) is 6. The van der Waals surface area contributed by atoms with Gasteiger partial charge in [0.25, 0.3) is 5.91 Å². The second-order valence-electron chi connectivity index (χ2n) is 4.99. The summed E-state index contributed by atoms with van der Waals surface area (Å²) in [6, 6.07) is 5.71. The summed E-state index contributed by atoms with van der Waals surface area (Å²) in [6.45, 7) is -0.611. The zero-order valence-electron chi connectivity index (χ0n) is 12.8. The van der Waals surface area contributed by atoms with Crippen LogP contribution in [-0.4, -0.2) is 43.2 Å². The summed E-state index contributed by atoms with van der Waals surface area (Å²) in [5.41, 5.74) is -0.242. The molecule has 0 aliphatic rings. The van der Waals surface area contributed by atoms with Crippen LogP contribution in [0.15, 0.2) is 30.6 Å². The quantitative estimate of drug-likeness (QED) is 0.603. The number of aromatic hydroxyl groups is 1. The average Bonchev–Trinajstić information content (AvgIpc) is 3.05. The third kappa shape index (κ3) is 3.48. The molecule has 1 amide bonds. The number of carbonyl (C=O) groups excluding carboxylic acids is 1. The lowest BCUT2D eigenvalue weighted by molar-refractivity contribution is -0.135. The summed E-state index contributed by atoms with van der Waals surface area (Å²) in [5.74, 6) is -2.12. The molecule has 11 heteroatoms. The zero-order valence-corrected chi connectivity index (χ0v) is 14.3. The van der Waals surface area contributed by atoms with Gasteiger partial charge in [-0.2, -0.15) is 9.61 Å². The molecule has 2 heterocycles. The van der Waals surface area contributed by atoms with Gasteiger partial charge in [0.15, 0.2) is 5.65 Å². The van der Waals surface area contributed by atoms with E-state index in [9.17, 15) is 14.7 Å². The third-order valence-corrected chi connectivity index (χ3v) is 3.98. The molecule has 3 aromatic rings. The van der Waals surface area contributed by atoms with Crippen molar-refractivity contribution in [1.29, 1.82) is 0 Å². The molecule has 9 nitrogen and oxygen atoms in total. The topological polar surface area (TPSA) is 126 Å². The van der Waals surface area contributed by atoms with Crippen LogP contribution in [0.1, 0.15) is 10.4 Å². The molecule has 0 aliphatic carbocycles. The minimum absolute atomic E-state index is 0.0112. The van der Waals surface area contributed by atoms with E-state index in [2.05, 4.69) is 15.4 Å². The second kappa shape index (κ2) is 7.06. The predicted molar refractivity (Wildman–Crippen MR) is 91.2 cm³/mol. The summed E-state index contributed by atoms with van der Waals surface area (Å²) in [5, 5.41) is 25.6. The number of aromatic nitrogens is 3. The first-order chi connectivity index (χ1) is 12.4. The number of benzene rings is 1. The van der Waals surface area contributed by atoms with Gasteiger partial charge in [0.2, 0.25) is 5.88 Å². The Balaban J connectivity index is 2.00. The Labute approximate surface area is 155 Å². The lowest BCUT2D eigenvalue weighted by atomic mass is 10.2. The second-order valence-corrected chi connectivity index (χ2v) is 5.81. The van der Waals surface area contributed by atoms with Gasteiger partial charge in [0, 0.05) is 12.1 Å². The van der Waals surface area contributed by atoms with E-state index in [1.54, 1.807) is 6.07 Å². The van der Waals surface area contributed by atoms with Gasteiger partial charge >= 0.3 is 5.97 Å². The number of amides is 1. The number of carbonyl (C=O) groups is 2. The van der Waals surface area contributed by atoms with Crippen LogP contribution in [0.3, 0.4) is 0 Å². The minimum atomic E-state index is -1.23. The number of carboxylic acids is 1. The van der Waals surface area contributed by atoms with Crippen molar-refractivity contribution in [2.45, 2.75) is 0 Å². The van der Waals surface area contributed by atoms with Gasteiger partial charge in [-0.05, 0) is 12.1 Å². The van der Waals surface area contributed by atoms with Crippen molar-refractivity contribution in [3.63, 3.8) is 0 Å². The molecular weight excluding hydrogens is 387 g/mol. The van der Waals surface area contributed by atoms with Crippen LogP contribution in [0.4, 0.5) is 0 Å². The molecule has 0 radical (unpaired) electrons. The molecule has 0 saturated carbocycles. The van der Waals surface area contributed by atoms with Crippen LogP contribution < -0.4 is 10.1 Å². The zero-order chi connectivity index (χ0) is 18.8. The van der Waals surface area contributed by atoms with Crippen LogP contribution in [0.25, 0.3) is 5.65 Å². The van der Waals surface area contributed by atoms with E-state index in [4.69, 9.17) is 33.0 Å². The SMILES string of the molecule is O=C(O)CNC(=O)c1c(O)cc(Oc2ccc(Cl)c(Cl)c2)n2ncnc12. The van der Waals surface area contributed by atoms with Crippen molar-refractivity contribution in [3.05, 3.63) is 46.2 Å². The fraction of sp³-hybridized carbons (Fsp3) is 0.0667. The first-order valence-corrected chi connectivity index (χ1v) is 7.81. The number of hydrogen-bond donors (Lipinski definition) is 3. The molecular formula is C15H10Cl2N4O5. The molecule has 3 rings (SSSR count). The highest BCUT2D eigenvalue weighted by Crippen LogP contribution is 2.32. The molecule has 0 spiro atoms. The van der Waals surface area contributed by atoms with E-state index in [1.165, 1.54) is 16.6 Å². The number of nitrogens with zero attached hydrogens (tertiary/aromatic N) is 3. The van der Waals surface area contributed by atoms with Crippen molar-refractivity contribution in [2.24, 2.45) is 0 Å². The molecule has 0 unspecified atom stereocenters. The molecule has 0 saturated heterocycles. The van der Waals surface area contributed by atoms with Gasteiger partial charge in [0.05, 0.1) is 10.0 Å². The molecule has 0 atom stereocenters. The van der Waals surface area contributed by atoms with Gasteiger partial charge in [-0.15, -0.1) is 0 Å². The van der Waals surface area contributed by atoms with Crippen molar-refractivity contribution in [3.8, 4) is 17.4 Å². The Hall–Kier alpha value is -3.04. The minimum Gasteiger partial charge on any atom is -0.507 e. The molecule has 134 valence electrons. The number of pyridine rings is 1. The molecule has 0 fully saturated rings. The number of aliphatic carboxylic acids is 1. The molecule has 1 aromatic carbocycles. The maximum atomic E-state index is 12.1. The largest absolute Gasteiger partial charge is 0.507 e. The van der Waals surface area contributed by atoms with Crippen LogP contribution in [0, 0.1) is 0 Å². The summed E-state index contributed by atoms with van der Waals surface area (Å²) < 4.78 is 6.81. The lowest BCUT2D eigenvalue weighted by Gasteiger charge is -2.11. The smallest absolute Gasteiger partial charge is 0.322 e. The summed E-state index contributed by atoms with van der Waals surface area (Å²) in [6.07, 6.45) is 1.16. The van der Waals surface area contributed by atoms with Crippen LogP contribution in [0.5, 0.6) is 17.4 Å². The van der Waals surface area contributed by atoms with E-state index in [1.807, 2.05) is 0 Å². The summed E-state index contributed by atoms with van der Waals surface area (Å²) in [4.78, 5) is 26.7. The molecule has 3 N–H and O–H groups in total. The van der Waals surface area contributed by atoms with Crippen LogP contribution in [-0.2, 0) is 4.79 Å². The van der Waals surface area contributed by atoms with E-state index < -0.39 is 24.2 Å². The van der Waals surface area contributed by atoms with Gasteiger partial charge in [-0.1, -0.05) is 23.2 Å². The van der Waals surface area contributed by atoms with Gasteiger partial charge in [0.1, 0.15) is 29.9 Å². The number of nitrogens with one attached hydrogen (secondary N) is 1. The first-order valence-electron chi connectivity index (χ1n) is 7.05. The molecule has 2 aromatic heterocycles. The Bertz CT molecular complexity index is 1020. The summed E-state index contributed by atoms with van der Waals surface area (Å²) >= 11 is 11.8. The Morgan fingerprint density at radius 1 is 1.23 bits per heavy atom. The lowest BCUT2D eigenvalue weighted by Crippen LogP contribution is -2.29. The van der Waals surface area contributed by atoms with E-state index >= 15 is 0 Å². The van der Waals surface area contributed by atoms with Crippen molar-refractivity contribution < 1.29 is 24.5 Å². The van der Waals surface area contributed by atoms with E-state index in [-0.39, 0.29) is 22.1 Å². The van der Waals surface area contributed by atoms with Gasteiger partial charge in [-0.3, -0.25) is 9.59 Å². The maximum absolute atomic E-state index is 12.1. The highest BCUT2D eigenvalue weighted by molar-refractivity contribution is 6.42. The maximum Gasteiger partial charge on any atom is 0.322 e. The van der Waals surface area contributed by atoms with E-state index in [0.717, 1.165) is 12.4 Å². The van der Waals surface area contributed by atoms with E-state index in [0.29, 0.717) is 10.8 Å². The van der Waals surface area contributed by atoms with Gasteiger partial charge < -0.3 is 20.3 Å². The molecule has 0 aliphatic heterocycles. The fourth-order valence-corrected chi connectivity index (χ4v) is 2.42. The number of fused-ring (bicyclic) bond motifs is 1. The Morgan fingerprint density at radius 3 is 2.69 bits per heavy atom. The first kappa shape index (κ1) is 17.8. The standard InChI is InChI=1S/C15H10Cl2N4O5/c16-8-2-1-7(3-9(8)17)26-11-4-10(22)13(14-19-6-20-21(11)14)15(25)18-5-12(23)24/h1-4,6,22H,5H2,(H,18,25)(H,23,24). The Kier molecular flexibility index (Phi) is 4.83. The number of rotatable bonds is 5. The monoisotopic (exact) mass is 396 g/mol. The number of carboxylic acid groups (broad SMARTS) is 1. The summed E-state index contributed by atoms with van der Waals surface area (Å²) in [7, 11) is 0. The Morgan fingerprint density at radius 2 is 2.00 bits per heavy atom. The predicted octanol–water partition coefficient (Wildman–Crippen LogP) is 2.35. The van der Waals surface area contributed by atoms with Crippen LogP contribution in [0.2, 0.25) is 10.0 Å². The van der Waals surface area contributed by atoms with Crippen molar-refractivity contribution in [2.75, 3.05) is 6.54 Å². The van der Waals surface area contributed by atoms with Crippen LogP contribution >= 0.6 is 23.2 Å². The normalized spacial score (nSPS) is 10.7. The third-order valence-electron chi connectivity index (χ3n) is 3.24. The van der Waals surface area contributed by atoms with Gasteiger partial charge in [-0.25, -0.2) is 4.98 Å². The number of halogens is 2. The van der Waals surface area contributed by atoms with Crippen molar-refractivity contribution in [1.82, 2.24) is 19.9 Å². The molecule has 0 bridgehead atoms. The number of ether oxygens (including phenoxy) is 1. The fourth-order valence-electron chi connectivity index (χ4n) is 2.13. The molecule has 26 heavy (non-hydrogen) atoms. The van der Waals surface area contributed by atoms with Crippen molar-refractivity contribution >= 4 is 40.7 Å².